The number of hydrogen-bond acceptors (Lipinski definition) is 2. The molecule has 0 spiro atoms. The first-order valence-corrected chi connectivity index (χ1v) is 7.90. The fourth-order valence-electron chi connectivity index (χ4n) is 3.64. The van der Waals surface area contributed by atoms with Crippen LogP contribution in [0.2, 0.25) is 0 Å². The molecule has 0 amide bonds. The second kappa shape index (κ2) is 6.53. The van der Waals surface area contributed by atoms with Crippen LogP contribution in [0.5, 0.6) is 0 Å². The van der Waals surface area contributed by atoms with Crippen LogP contribution in [0, 0.1) is 5.92 Å². The topological polar surface area (TPSA) is 15.3 Å². The summed E-state index contributed by atoms with van der Waals surface area (Å²) in [6.45, 7) is 5.08. The molecule has 0 bridgehead atoms. The van der Waals surface area contributed by atoms with Crippen molar-refractivity contribution < 1.29 is 0 Å². The fraction of sp³-hybridized carbons (Fsp3) is 0.647. The third-order valence-electron chi connectivity index (χ3n) is 4.84. The molecule has 0 unspecified atom stereocenters. The molecule has 0 saturated carbocycles. The minimum Gasteiger partial charge on any atom is -0.317 e. The molecule has 2 heteroatoms. The molecular formula is C17H26N2. The summed E-state index contributed by atoms with van der Waals surface area (Å²) in [5, 5.41) is 3.47. The molecule has 2 aliphatic heterocycles. The molecule has 2 heterocycles. The average Bonchev–Trinajstić information content (AvgIpc) is 2.50. The van der Waals surface area contributed by atoms with Crippen LogP contribution < -0.4 is 5.32 Å². The number of likely N-dealkylation sites (tertiary alicyclic amines) is 1. The van der Waals surface area contributed by atoms with E-state index in [1.165, 1.54) is 63.8 Å². The fourth-order valence-corrected chi connectivity index (χ4v) is 3.64. The zero-order chi connectivity index (χ0) is 12.9. The van der Waals surface area contributed by atoms with E-state index in [4.69, 9.17) is 0 Å². The Kier molecular flexibility index (Phi) is 4.52. The van der Waals surface area contributed by atoms with Gasteiger partial charge in [0.2, 0.25) is 0 Å². The molecule has 2 nitrogen and oxygen atoms in total. The van der Waals surface area contributed by atoms with Gasteiger partial charge in [0, 0.05) is 6.04 Å². The molecule has 2 fully saturated rings. The number of hydrogen-bond donors (Lipinski definition) is 1. The Morgan fingerprint density at radius 1 is 0.947 bits per heavy atom. The first-order chi connectivity index (χ1) is 9.42. The summed E-state index contributed by atoms with van der Waals surface area (Å²) in [6, 6.07) is 11.9. The minimum atomic E-state index is 0.860. The molecule has 2 aliphatic rings. The molecule has 3 rings (SSSR count). The molecule has 19 heavy (non-hydrogen) atoms. The van der Waals surface area contributed by atoms with Crippen molar-refractivity contribution in [1.29, 1.82) is 0 Å². The van der Waals surface area contributed by atoms with E-state index in [-0.39, 0.29) is 0 Å². The van der Waals surface area contributed by atoms with E-state index < -0.39 is 0 Å². The van der Waals surface area contributed by atoms with E-state index in [1.807, 2.05) is 0 Å². The minimum absolute atomic E-state index is 0.860. The van der Waals surface area contributed by atoms with Gasteiger partial charge < -0.3 is 10.2 Å². The van der Waals surface area contributed by atoms with Crippen LogP contribution in [0.3, 0.4) is 0 Å². The number of rotatable bonds is 3. The van der Waals surface area contributed by atoms with Crippen molar-refractivity contribution in [3.63, 3.8) is 0 Å². The summed E-state index contributed by atoms with van der Waals surface area (Å²) in [5.41, 5.74) is 1.52. The summed E-state index contributed by atoms with van der Waals surface area (Å²) in [4.78, 5) is 2.75. The SMILES string of the molecule is c1ccc(CC2CCN(C3CCNCC3)CC2)cc1. The summed E-state index contributed by atoms with van der Waals surface area (Å²) in [5.74, 6) is 0.903. The normalized spacial score (nSPS) is 23.6. The Balaban J connectivity index is 1.46. The van der Waals surface area contributed by atoms with Gasteiger partial charge >= 0.3 is 0 Å². The van der Waals surface area contributed by atoms with Gasteiger partial charge in [-0.25, -0.2) is 0 Å². The van der Waals surface area contributed by atoms with Crippen LogP contribution in [-0.4, -0.2) is 37.1 Å². The van der Waals surface area contributed by atoms with E-state index in [0.29, 0.717) is 0 Å². The Morgan fingerprint density at radius 3 is 2.32 bits per heavy atom. The molecule has 2 saturated heterocycles. The van der Waals surface area contributed by atoms with Crippen molar-refractivity contribution in [2.24, 2.45) is 5.92 Å². The maximum atomic E-state index is 3.47. The van der Waals surface area contributed by atoms with E-state index in [1.54, 1.807) is 0 Å². The number of benzene rings is 1. The van der Waals surface area contributed by atoms with Gasteiger partial charge in [-0.15, -0.1) is 0 Å². The maximum absolute atomic E-state index is 3.47. The van der Waals surface area contributed by atoms with Crippen LogP contribution in [0.1, 0.15) is 31.2 Å². The lowest BCUT2D eigenvalue weighted by Gasteiger charge is -2.39. The summed E-state index contributed by atoms with van der Waals surface area (Å²) in [6.07, 6.45) is 6.76. The van der Waals surface area contributed by atoms with Crippen LogP contribution in [-0.2, 0) is 6.42 Å². The zero-order valence-electron chi connectivity index (χ0n) is 11.9. The number of nitrogens with zero attached hydrogens (tertiary/aromatic N) is 1. The summed E-state index contributed by atoms with van der Waals surface area (Å²) in [7, 11) is 0. The molecule has 1 aromatic carbocycles. The van der Waals surface area contributed by atoms with Crippen LogP contribution in [0.25, 0.3) is 0 Å². The van der Waals surface area contributed by atoms with Crippen LogP contribution in [0.15, 0.2) is 30.3 Å². The predicted molar refractivity (Wildman–Crippen MR) is 80.3 cm³/mol. The highest BCUT2D eigenvalue weighted by atomic mass is 15.2. The molecule has 0 aromatic heterocycles. The lowest BCUT2D eigenvalue weighted by Crippen LogP contribution is -2.46. The van der Waals surface area contributed by atoms with Crippen molar-refractivity contribution in [1.82, 2.24) is 10.2 Å². The highest BCUT2D eigenvalue weighted by molar-refractivity contribution is 5.15. The summed E-state index contributed by atoms with van der Waals surface area (Å²) >= 11 is 0. The third kappa shape index (κ3) is 3.58. The zero-order valence-corrected chi connectivity index (χ0v) is 11.9. The highest BCUT2D eigenvalue weighted by Gasteiger charge is 2.25. The Bertz CT molecular complexity index is 362. The molecule has 0 radical (unpaired) electrons. The Labute approximate surface area is 117 Å². The van der Waals surface area contributed by atoms with Crippen molar-refractivity contribution in [2.75, 3.05) is 26.2 Å². The largest absolute Gasteiger partial charge is 0.317 e. The van der Waals surface area contributed by atoms with Crippen molar-refractivity contribution >= 4 is 0 Å². The van der Waals surface area contributed by atoms with E-state index in [2.05, 4.69) is 40.5 Å². The quantitative estimate of drug-likeness (QED) is 0.897. The first-order valence-electron chi connectivity index (χ1n) is 7.90. The van der Waals surface area contributed by atoms with Gasteiger partial charge in [0.15, 0.2) is 0 Å². The van der Waals surface area contributed by atoms with Crippen molar-refractivity contribution in [3.05, 3.63) is 35.9 Å². The second-order valence-corrected chi connectivity index (χ2v) is 6.15. The average molecular weight is 258 g/mol. The third-order valence-corrected chi connectivity index (χ3v) is 4.84. The van der Waals surface area contributed by atoms with Gasteiger partial charge in [-0.3, -0.25) is 0 Å². The molecule has 104 valence electrons. The van der Waals surface area contributed by atoms with Gasteiger partial charge in [0.25, 0.3) is 0 Å². The van der Waals surface area contributed by atoms with Gasteiger partial charge in [0.1, 0.15) is 0 Å². The molecule has 0 atom stereocenters. The first kappa shape index (κ1) is 13.1. The molecule has 1 N–H and O–H groups in total. The van der Waals surface area contributed by atoms with Gasteiger partial charge in [-0.05, 0) is 69.8 Å². The maximum Gasteiger partial charge on any atom is 0.0119 e. The monoisotopic (exact) mass is 258 g/mol. The van der Waals surface area contributed by atoms with E-state index in [0.717, 1.165) is 12.0 Å². The van der Waals surface area contributed by atoms with Crippen LogP contribution in [0.4, 0.5) is 0 Å². The van der Waals surface area contributed by atoms with Crippen LogP contribution >= 0.6 is 0 Å². The lowest BCUT2D eigenvalue weighted by molar-refractivity contribution is 0.111. The number of piperidine rings is 2. The second-order valence-electron chi connectivity index (χ2n) is 6.15. The van der Waals surface area contributed by atoms with Crippen molar-refractivity contribution in [3.8, 4) is 0 Å². The predicted octanol–water partition coefficient (Wildman–Crippen LogP) is 2.69. The lowest BCUT2D eigenvalue weighted by atomic mass is 9.89. The highest BCUT2D eigenvalue weighted by Crippen LogP contribution is 2.24. The van der Waals surface area contributed by atoms with Gasteiger partial charge in [0.05, 0.1) is 0 Å². The van der Waals surface area contributed by atoms with Gasteiger partial charge in [-0.1, -0.05) is 30.3 Å². The van der Waals surface area contributed by atoms with E-state index in [9.17, 15) is 0 Å². The standard InChI is InChI=1S/C17H26N2/c1-2-4-15(5-3-1)14-16-8-12-19(13-9-16)17-6-10-18-11-7-17/h1-5,16-18H,6-14H2. The molecular weight excluding hydrogens is 232 g/mol. The van der Waals surface area contributed by atoms with E-state index >= 15 is 0 Å². The Morgan fingerprint density at radius 2 is 1.63 bits per heavy atom. The van der Waals surface area contributed by atoms with Gasteiger partial charge in [-0.2, -0.15) is 0 Å². The summed E-state index contributed by atoms with van der Waals surface area (Å²) < 4.78 is 0. The van der Waals surface area contributed by atoms with Crippen molar-refractivity contribution in [2.45, 2.75) is 38.1 Å². The molecule has 0 aliphatic carbocycles. The smallest absolute Gasteiger partial charge is 0.0119 e. The molecule has 1 aromatic rings. The number of nitrogens with one attached hydrogen (secondary N) is 1. The Hall–Kier alpha value is -0.860.